The van der Waals surface area contributed by atoms with E-state index in [9.17, 15) is 4.79 Å². The molecule has 0 saturated carbocycles. The van der Waals surface area contributed by atoms with Crippen molar-refractivity contribution in [2.75, 3.05) is 0 Å². The fourth-order valence-electron chi connectivity index (χ4n) is 1.26. The van der Waals surface area contributed by atoms with E-state index in [1.165, 1.54) is 0 Å². The molecule has 0 aliphatic carbocycles. The third-order valence-corrected chi connectivity index (χ3v) is 1.93. The van der Waals surface area contributed by atoms with Gasteiger partial charge in [0.05, 0.1) is 6.10 Å². The van der Waals surface area contributed by atoms with E-state index in [0.717, 1.165) is 5.56 Å². The molecular formula is C11H16N2O2. The SMILES string of the molecule is CC(C)Oc1ccc(C(N)=O)cc1CN. The third kappa shape index (κ3) is 2.95. The minimum Gasteiger partial charge on any atom is -0.491 e. The Morgan fingerprint density at radius 3 is 2.60 bits per heavy atom. The first kappa shape index (κ1) is 11.5. The molecule has 0 aromatic heterocycles. The summed E-state index contributed by atoms with van der Waals surface area (Å²) in [7, 11) is 0. The molecule has 4 heteroatoms. The lowest BCUT2D eigenvalue weighted by Crippen LogP contribution is -2.14. The Hall–Kier alpha value is -1.55. The summed E-state index contributed by atoms with van der Waals surface area (Å²) in [6.45, 7) is 4.19. The van der Waals surface area contributed by atoms with Gasteiger partial charge < -0.3 is 16.2 Å². The van der Waals surface area contributed by atoms with E-state index in [1.807, 2.05) is 13.8 Å². The van der Waals surface area contributed by atoms with Crippen LogP contribution in [0.1, 0.15) is 29.8 Å². The number of carbonyl (C=O) groups excluding carboxylic acids is 1. The number of primary amides is 1. The molecular weight excluding hydrogens is 192 g/mol. The van der Waals surface area contributed by atoms with Crippen LogP contribution >= 0.6 is 0 Å². The molecule has 82 valence electrons. The van der Waals surface area contributed by atoms with Crippen molar-refractivity contribution in [2.45, 2.75) is 26.5 Å². The first-order valence-corrected chi connectivity index (χ1v) is 4.84. The van der Waals surface area contributed by atoms with Gasteiger partial charge in [0.25, 0.3) is 0 Å². The maximum atomic E-state index is 10.9. The number of nitrogens with two attached hydrogens (primary N) is 2. The van der Waals surface area contributed by atoms with Gasteiger partial charge in [-0.1, -0.05) is 0 Å². The zero-order valence-corrected chi connectivity index (χ0v) is 8.99. The molecule has 0 aliphatic rings. The summed E-state index contributed by atoms with van der Waals surface area (Å²) in [6.07, 6.45) is 0.0785. The largest absolute Gasteiger partial charge is 0.491 e. The molecule has 0 unspecified atom stereocenters. The average molecular weight is 208 g/mol. The highest BCUT2D eigenvalue weighted by molar-refractivity contribution is 5.93. The number of amides is 1. The standard InChI is InChI=1S/C11H16N2O2/c1-7(2)15-10-4-3-8(11(13)14)5-9(10)6-12/h3-5,7H,6,12H2,1-2H3,(H2,13,14). The zero-order valence-electron chi connectivity index (χ0n) is 8.99. The summed E-state index contributed by atoms with van der Waals surface area (Å²) in [5, 5.41) is 0. The van der Waals surface area contributed by atoms with Gasteiger partial charge in [0.15, 0.2) is 0 Å². The molecule has 0 atom stereocenters. The van der Waals surface area contributed by atoms with Crippen molar-refractivity contribution in [1.82, 2.24) is 0 Å². The van der Waals surface area contributed by atoms with Crippen molar-refractivity contribution in [3.05, 3.63) is 29.3 Å². The topological polar surface area (TPSA) is 78.3 Å². The number of hydrogen-bond donors (Lipinski definition) is 2. The molecule has 4 N–H and O–H groups in total. The van der Waals surface area contributed by atoms with Crippen LogP contribution in [0.15, 0.2) is 18.2 Å². The number of benzene rings is 1. The first-order valence-electron chi connectivity index (χ1n) is 4.84. The monoisotopic (exact) mass is 208 g/mol. The summed E-state index contributed by atoms with van der Waals surface area (Å²) >= 11 is 0. The molecule has 1 rings (SSSR count). The van der Waals surface area contributed by atoms with E-state index in [2.05, 4.69) is 0 Å². The fourth-order valence-corrected chi connectivity index (χ4v) is 1.26. The molecule has 0 fully saturated rings. The highest BCUT2D eigenvalue weighted by Gasteiger charge is 2.08. The molecule has 0 saturated heterocycles. The van der Waals surface area contributed by atoms with Crippen LogP contribution in [0.3, 0.4) is 0 Å². The van der Waals surface area contributed by atoms with Crippen molar-refractivity contribution in [1.29, 1.82) is 0 Å². The molecule has 4 nitrogen and oxygen atoms in total. The molecule has 1 aromatic carbocycles. The van der Waals surface area contributed by atoms with Crippen LogP contribution in [0.2, 0.25) is 0 Å². The Bertz CT molecular complexity index is 362. The van der Waals surface area contributed by atoms with E-state index in [4.69, 9.17) is 16.2 Å². The van der Waals surface area contributed by atoms with E-state index < -0.39 is 5.91 Å². The van der Waals surface area contributed by atoms with Gasteiger partial charge in [-0.25, -0.2) is 0 Å². The number of carbonyl (C=O) groups is 1. The quantitative estimate of drug-likeness (QED) is 0.775. The fraction of sp³-hybridized carbons (Fsp3) is 0.364. The van der Waals surface area contributed by atoms with E-state index in [1.54, 1.807) is 18.2 Å². The number of ether oxygens (including phenoxy) is 1. The second-order valence-corrected chi connectivity index (χ2v) is 3.56. The van der Waals surface area contributed by atoms with Gasteiger partial charge in [0.2, 0.25) is 5.91 Å². The predicted molar refractivity (Wildman–Crippen MR) is 58.6 cm³/mol. The zero-order chi connectivity index (χ0) is 11.4. The summed E-state index contributed by atoms with van der Waals surface area (Å²) in [4.78, 5) is 10.9. The summed E-state index contributed by atoms with van der Waals surface area (Å²) in [5.41, 5.74) is 12.0. The Morgan fingerprint density at radius 1 is 1.47 bits per heavy atom. The highest BCUT2D eigenvalue weighted by atomic mass is 16.5. The Balaban J connectivity index is 3.03. The van der Waals surface area contributed by atoms with Gasteiger partial charge in [-0.3, -0.25) is 4.79 Å². The first-order chi connectivity index (χ1) is 7.04. The minimum absolute atomic E-state index is 0.0785. The van der Waals surface area contributed by atoms with Gasteiger partial charge in [-0.15, -0.1) is 0 Å². The lowest BCUT2D eigenvalue weighted by molar-refractivity contribution is 0.1000. The van der Waals surface area contributed by atoms with Crippen LogP contribution in [0.4, 0.5) is 0 Å². The Labute approximate surface area is 89.2 Å². The molecule has 0 aliphatic heterocycles. The summed E-state index contributed by atoms with van der Waals surface area (Å²) in [5.74, 6) is 0.248. The Kier molecular flexibility index (Phi) is 3.68. The van der Waals surface area contributed by atoms with Crippen molar-refractivity contribution < 1.29 is 9.53 Å². The van der Waals surface area contributed by atoms with Gasteiger partial charge in [0, 0.05) is 17.7 Å². The van der Waals surface area contributed by atoms with E-state index in [0.29, 0.717) is 17.9 Å². The predicted octanol–water partition coefficient (Wildman–Crippen LogP) is 1.03. The van der Waals surface area contributed by atoms with E-state index >= 15 is 0 Å². The van der Waals surface area contributed by atoms with Crippen molar-refractivity contribution >= 4 is 5.91 Å². The second kappa shape index (κ2) is 4.79. The van der Waals surface area contributed by atoms with Gasteiger partial charge in [0.1, 0.15) is 5.75 Å². The summed E-state index contributed by atoms with van der Waals surface area (Å²) < 4.78 is 5.54. The molecule has 1 aromatic rings. The van der Waals surface area contributed by atoms with Crippen molar-refractivity contribution in [3.63, 3.8) is 0 Å². The molecule has 1 amide bonds. The molecule has 0 radical (unpaired) electrons. The molecule has 0 spiro atoms. The van der Waals surface area contributed by atoms with Crippen LogP contribution in [0.25, 0.3) is 0 Å². The van der Waals surface area contributed by atoms with Gasteiger partial charge >= 0.3 is 0 Å². The van der Waals surface area contributed by atoms with Crippen molar-refractivity contribution in [2.24, 2.45) is 11.5 Å². The lowest BCUT2D eigenvalue weighted by atomic mass is 10.1. The van der Waals surface area contributed by atoms with Crippen LogP contribution in [0.5, 0.6) is 5.75 Å². The highest BCUT2D eigenvalue weighted by Crippen LogP contribution is 2.20. The van der Waals surface area contributed by atoms with E-state index in [-0.39, 0.29) is 6.10 Å². The van der Waals surface area contributed by atoms with Crippen LogP contribution in [0, 0.1) is 0 Å². The lowest BCUT2D eigenvalue weighted by Gasteiger charge is -2.13. The Morgan fingerprint density at radius 2 is 2.13 bits per heavy atom. The second-order valence-electron chi connectivity index (χ2n) is 3.56. The normalized spacial score (nSPS) is 10.4. The minimum atomic E-state index is -0.458. The van der Waals surface area contributed by atoms with Crippen LogP contribution < -0.4 is 16.2 Å². The number of hydrogen-bond acceptors (Lipinski definition) is 3. The molecule has 0 heterocycles. The third-order valence-electron chi connectivity index (χ3n) is 1.93. The summed E-state index contributed by atoms with van der Waals surface area (Å²) in [6, 6.07) is 5.03. The van der Waals surface area contributed by atoms with Crippen LogP contribution in [-0.4, -0.2) is 12.0 Å². The van der Waals surface area contributed by atoms with Crippen molar-refractivity contribution in [3.8, 4) is 5.75 Å². The molecule has 15 heavy (non-hydrogen) atoms. The smallest absolute Gasteiger partial charge is 0.248 e. The maximum absolute atomic E-state index is 10.9. The molecule has 0 bridgehead atoms. The number of rotatable bonds is 4. The van der Waals surface area contributed by atoms with Gasteiger partial charge in [-0.2, -0.15) is 0 Å². The van der Waals surface area contributed by atoms with Gasteiger partial charge in [-0.05, 0) is 32.0 Å². The van der Waals surface area contributed by atoms with Crippen LogP contribution in [-0.2, 0) is 6.54 Å². The average Bonchev–Trinajstić information content (AvgIpc) is 2.17. The maximum Gasteiger partial charge on any atom is 0.248 e.